The Morgan fingerprint density at radius 1 is 1.13 bits per heavy atom. The lowest BCUT2D eigenvalue weighted by Crippen LogP contribution is -2.49. The normalized spacial score (nSPS) is 17.4. The maximum atomic E-state index is 12.0. The molecule has 162 valence electrons. The number of hydrogen-bond donors (Lipinski definition) is 3. The predicted molar refractivity (Wildman–Crippen MR) is 97.3 cm³/mol. The third kappa shape index (κ3) is 4.76. The first-order chi connectivity index (χ1) is 14.2. The summed E-state index contributed by atoms with van der Waals surface area (Å²) in [5, 5.41) is 17.1. The van der Waals surface area contributed by atoms with E-state index in [-0.39, 0.29) is 12.3 Å². The molecule has 2 aromatic heterocycles. The van der Waals surface area contributed by atoms with Crippen molar-refractivity contribution in [3.8, 4) is 0 Å². The van der Waals surface area contributed by atoms with Gasteiger partial charge in [0.1, 0.15) is 11.3 Å². The molecule has 4 heterocycles. The Hall–Kier alpha value is -3.42. The number of hydrogen-bond acceptors (Lipinski definition) is 7. The van der Waals surface area contributed by atoms with Crippen molar-refractivity contribution in [1.82, 2.24) is 25.2 Å². The number of aliphatic carboxylic acids is 1. The number of carbonyl (C=O) groups is 3. The average molecular weight is 429 g/mol. The van der Waals surface area contributed by atoms with E-state index >= 15 is 0 Å². The zero-order chi connectivity index (χ0) is 21.9. The number of rotatable bonds is 2. The van der Waals surface area contributed by atoms with Gasteiger partial charge in [-0.3, -0.25) is 15.0 Å². The molecular weight excluding hydrogens is 411 g/mol. The Bertz CT molecular complexity index is 956. The molecule has 3 amide bonds. The van der Waals surface area contributed by atoms with E-state index in [2.05, 4.69) is 25.6 Å². The number of nitrogens with one attached hydrogen (secondary N) is 2. The van der Waals surface area contributed by atoms with E-state index in [1.807, 2.05) is 6.20 Å². The van der Waals surface area contributed by atoms with Crippen LogP contribution in [-0.4, -0.2) is 76.5 Å². The maximum absolute atomic E-state index is 12.0. The van der Waals surface area contributed by atoms with Gasteiger partial charge in [-0.15, -0.1) is 0 Å². The molecule has 2 aromatic rings. The van der Waals surface area contributed by atoms with Crippen LogP contribution < -0.4 is 20.4 Å². The Balaban J connectivity index is 0.000000318. The summed E-state index contributed by atoms with van der Waals surface area (Å²) in [6.07, 6.45) is 0.434. The summed E-state index contributed by atoms with van der Waals surface area (Å²) in [7, 11) is 0. The number of aromatic nitrogens is 3. The van der Waals surface area contributed by atoms with Gasteiger partial charge in [-0.1, -0.05) is 0 Å². The Morgan fingerprint density at radius 3 is 2.40 bits per heavy atom. The third-order valence-electron chi connectivity index (χ3n) is 4.40. The van der Waals surface area contributed by atoms with Crippen molar-refractivity contribution in [2.45, 2.75) is 12.6 Å². The van der Waals surface area contributed by atoms with Crippen molar-refractivity contribution in [2.24, 2.45) is 0 Å². The molecule has 14 heteroatoms. The quantitative estimate of drug-likeness (QED) is 0.618. The monoisotopic (exact) mass is 429 g/mol. The summed E-state index contributed by atoms with van der Waals surface area (Å²) in [6, 6.07) is -0.415. The SMILES string of the molecule is O=C(O)C(F)(F)F.O=C1CCN(c2cnn3cc(N4CCNCC4)ncc23)C(=O)N1. The highest BCUT2D eigenvalue weighted by Gasteiger charge is 2.38. The number of piperazine rings is 1. The largest absolute Gasteiger partial charge is 0.490 e. The summed E-state index contributed by atoms with van der Waals surface area (Å²) >= 11 is 0. The lowest BCUT2D eigenvalue weighted by Gasteiger charge is -2.28. The summed E-state index contributed by atoms with van der Waals surface area (Å²) in [5.41, 5.74) is 1.41. The van der Waals surface area contributed by atoms with E-state index in [9.17, 15) is 22.8 Å². The van der Waals surface area contributed by atoms with Gasteiger partial charge in [0.25, 0.3) is 0 Å². The minimum Gasteiger partial charge on any atom is -0.475 e. The number of fused-ring (bicyclic) bond motifs is 1. The second-order valence-corrected chi connectivity index (χ2v) is 6.40. The summed E-state index contributed by atoms with van der Waals surface area (Å²) in [5.74, 6) is -2.14. The number of carboxylic acids is 1. The highest BCUT2D eigenvalue weighted by molar-refractivity contribution is 6.07. The van der Waals surface area contributed by atoms with Gasteiger partial charge in [-0.2, -0.15) is 18.3 Å². The van der Waals surface area contributed by atoms with Crippen LogP contribution in [0.15, 0.2) is 18.6 Å². The smallest absolute Gasteiger partial charge is 0.475 e. The van der Waals surface area contributed by atoms with Gasteiger partial charge in [-0.05, 0) is 0 Å². The fourth-order valence-corrected chi connectivity index (χ4v) is 2.92. The van der Waals surface area contributed by atoms with Crippen molar-refractivity contribution in [3.05, 3.63) is 18.6 Å². The van der Waals surface area contributed by atoms with Crippen LogP contribution in [0.3, 0.4) is 0 Å². The average Bonchev–Trinajstić information content (AvgIpc) is 3.11. The first-order valence-corrected chi connectivity index (χ1v) is 8.87. The topological polar surface area (TPSA) is 132 Å². The molecule has 0 bridgehead atoms. The first kappa shape index (κ1) is 21.3. The molecule has 0 radical (unpaired) electrons. The van der Waals surface area contributed by atoms with Crippen LogP contribution in [0.4, 0.5) is 29.5 Å². The maximum Gasteiger partial charge on any atom is 0.490 e. The van der Waals surface area contributed by atoms with Crippen LogP contribution >= 0.6 is 0 Å². The standard InChI is InChI=1S/C14H17N7O2.C2HF3O2/c22-13-1-4-20(14(23)18-13)10-8-17-21-9-12(16-7-11(10)21)19-5-2-15-3-6-19;3-2(4,5)1(6)7/h7-9,15H,1-6H2,(H,18,22,23);(H,6,7). The first-order valence-electron chi connectivity index (χ1n) is 8.87. The van der Waals surface area contributed by atoms with Crippen molar-refractivity contribution < 1.29 is 32.7 Å². The zero-order valence-corrected chi connectivity index (χ0v) is 15.5. The minimum absolute atomic E-state index is 0.248. The number of halogens is 3. The van der Waals surface area contributed by atoms with Crippen LogP contribution in [0.25, 0.3) is 5.52 Å². The van der Waals surface area contributed by atoms with E-state index < -0.39 is 18.2 Å². The lowest BCUT2D eigenvalue weighted by molar-refractivity contribution is -0.192. The highest BCUT2D eigenvalue weighted by atomic mass is 19.4. The Labute approximate surface area is 167 Å². The molecule has 30 heavy (non-hydrogen) atoms. The lowest BCUT2D eigenvalue weighted by atomic mass is 10.3. The van der Waals surface area contributed by atoms with Crippen molar-refractivity contribution >= 4 is 34.9 Å². The van der Waals surface area contributed by atoms with Crippen LogP contribution in [0.1, 0.15) is 6.42 Å². The van der Waals surface area contributed by atoms with Crippen LogP contribution in [-0.2, 0) is 9.59 Å². The molecule has 4 rings (SSSR count). The van der Waals surface area contributed by atoms with E-state index in [0.29, 0.717) is 12.2 Å². The van der Waals surface area contributed by atoms with Gasteiger partial charge in [0.05, 0.1) is 24.3 Å². The van der Waals surface area contributed by atoms with Crippen LogP contribution in [0.2, 0.25) is 0 Å². The van der Waals surface area contributed by atoms with Crippen molar-refractivity contribution in [1.29, 1.82) is 0 Å². The van der Waals surface area contributed by atoms with Gasteiger partial charge in [0.2, 0.25) is 5.91 Å². The number of imide groups is 1. The molecule has 0 unspecified atom stereocenters. The second-order valence-electron chi connectivity index (χ2n) is 6.40. The van der Waals surface area contributed by atoms with Gasteiger partial charge in [-0.25, -0.2) is 19.1 Å². The summed E-state index contributed by atoms with van der Waals surface area (Å²) in [6.45, 7) is 4.04. The van der Waals surface area contributed by atoms with Gasteiger partial charge in [0.15, 0.2) is 0 Å². The molecule has 0 spiro atoms. The van der Waals surface area contributed by atoms with Crippen molar-refractivity contribution in [2.75, 3.05) is 42.5 Å². The molecule has 2 aliphatic heterocycles. The molecule has 0 aromatic carbocycles. The second kappa shape index (κ2) is 8.52. The molecule has 0 aliphatic carbocycles. The zero-order valence-electron chi connectivity index (χ0n) is 15.5. The molecule has 2 aliphatic rings. The molecule has 11 nitrogen and oxygen atoms in total. The van der Waals surface area contributed by atoms with E-state index in [0.717, 1.165) is 37.5 Å². The van der Waals surface area contributed by atoms with Crippen LogP contribution in [0, 0.1) is 0 Å². The van der Waals surface area contributed by atoms with E-state index in [1.165, 1.54) is 4.90 Å². The fraction of sp³-hybridized carbons (Fsp3) is 0.438. The number of urea groups is 1. The number of carboxylic acid groups (broad SMARTS) is 1. The van der Waals surface area contributed by atoms with Gasteiger partial charge < -0.3 is 15.3 Å². The molecule has 0 atom stereocenters. The number of anilines is 2. The highest BCUT2D eigenvalue weighted by Crippen LogP contribution is 2.24. The molecule has 2 fully saturated rings. The molecule has 0 saturated carbocycles. The molecular formula is C16H18F3N7O4. The van der Waals surface area contributed by atoms with Crippen LogP contribution in [0.5, 0.6) is 0 Å². The predicted octanol–water partition coefficient (Wildman–Crippen LogP) is 0.218. The molecule has 3 N–H and O–H groups in total. The van der Waals surface area contributed by atoms with E-state index in [4.69, 9.17) is 9.90 Å². The number of nitrogens with zero attached hydrogens (tertiary/aromatic N) is 5. The number of carbonyl (C=O) groups excluding carboxylic acids is 2. The summed E-state index contributed by atoms with van der Waals surface area (Å²) < 4.78 is 33.5. The van der Waals surface area contributed by atoms with Gasteiger partial charge in [0, 0.05) is 39.1 Å². The van der Waals surface area contributed by atoms with E-state index in [1.54, 1.807) is 16.9 Å². The third-order valence-corrected chi connectivity index (χ3v) is 4.40. The Kier molecular flexibility index (Phi) is 6.05. The van der Waals surface area contributed by atoms with Gasteiger partial charge >= 0.3 is 18.2 Å². The van der Waals surface area contributed by atoms with Crippen molar-refractivity contribution in [3.63, 3.8) is 0 Å². The fourth-order valence-electron chi connectivity index (χ4n) is 2.92. The summed E-state index contributed by atoms with van der Waals surface area (Å²) in [4.78, 5) is 40.4. The molecule has 2 saturated heterocycles. The number of alkyl halides is 3. The minimum atomic E-state index is -5.08. The number of amides is 3. The Morgan fingerprint density at radius 2 is 1.80 bits per heavy atom.